The number of carbonyl (C=O) groups is 1. The predicted molar refractivity (Wildman–Crippen MR) is 55.4 cm³/mol. The van der Waals surface area contributed by atoms with E-state index in [1.54, 1.807) is 6.92 Å². The van der Waals surface area contributed by atoms with E-state index in [0.29, 0.717) is 13.2 Å². The van der Waals surface area contributed by atoms with Crippen LogP contribution in [-0.2, 0) is 14.3 Å². The molecule has 1 aliphatic rings. The van der Waals surface area contributed by atoms with E-state index in [4.69, 9.17) is 15.2 Å². The lowest BCUT2D eigenvalue weighted by atomic mass is 10.0. The van der Waals surface area contributed by atoms with Crippen molar-refractivity contribution in [1.29, 1.82) is 0 Å². The normalized spacial score (nSPS) is 23.4. The summed E-state index contributed by atoms with van der Waals surface area (Å²) in [6.07, 6.45) is 2.86. The van der Waals surface area contributed by atoms with Crippen molar-refractivity contribution in [2.24, 2.45) is 5.73 Å². The van der Waals surface area contributed by atoms with Gasteiger partial charge >= 0.3 is 5.97 Å². The van der Waals surface area contributed by atoms with E-state index in [1.807, 2.05) is 0 Å². The molecular formula is C9H18ClNO3. The summed E-state index contributed by atoms with van der Waals surface area (Å²) < 4.78 is 10.2. The molecule has 14 heavy (non-hydrogen) atoms. The Kier molecular flexibility index (Phi) is 6.87. The summed E-state index contributed by atoms with van der Waals surface area (Å²) in [4.78, 5) is 11.2. The SMILES string of the molecule is CCOC(=O)C(N)C1CCCCO1.Cl. The Morgan fingerprint density at radius 3 is 2.86 bits per heavy atom. The van der Waals surface area contributed by atoms with Crippen LogP contribution in [-0.4, -0.2) is 31.3 Å². The van der Waals surface area contributed by atoms with Crippen LogP contribution >= 0.6 is 12.4 Å². The molecule has 1 aliphatic heterocycles. The third kappa shape index (κ3) is 3.82. The van der Waals surface area contributed by atoms with Crippen LogP contribution < -0.4 is 5.73 Å². The minimum Gasteiger partial charge on any atom is -0.465 e. The van der Waals surface area contributed by atoms with E-state index in [1.165, 1.54) is 0 Å². The molecule has 1 heterocycles. The van der Waals surface area contributed by atoms with Gasteiger partial charge in [-0.3, -0.25) is 4.79 Å². The van der Waals surface area contributed by atoms with Gasteiger partial charge in [-0.05, 0) is 26.2 Å². The van der Waals surface area contributed by atoms with Crippen molar-refractivity contribution in [3.05, 3.63) is 0 Å². The van der Waals surface area contributed by atoms with Crippen molar-refractivity contribution in [2.45, 2.75) is 38.3 Å². The zero-order chi connectivity index (χ0) is 9.68. The minimum atomic E-state index is -0.611. The number of rotatable bonds is 3. The minimum absolute atomic E-state index is 0. The Bertz CT molecular complexity index is 171. The highest BCUT2D eigenvalue weighted by molar-refractivity contribution is 5.85. The third-order valence-corrected chi connectivity index (χ3v) is 2.17. The van der Waals surface area contributed by atoms with Crippen molar-refractivity contribution < 1.29 is 14.3 Å². The van der Waals surface area contributed by atoms with Crippen LogP contribution in [0, 0.1) is 0 Å². The molecule has 0 aromatic rings. The summed E-state index contributed by atoms with van der Waals surface area (Å²) in [5, 5.41) is 0. The number of nitrogens with two attached hydrogens (primary N) is 1. The Morgan fingerprint density at radius 2 is 2.36 bits per heavy atom. The summed E-state index contributed by atoms with van der Waals surface area (Å²) in [5.41, 5.74) is 5.68. The van der Waals surface area contributed by atoms with Gasteiger partial charge in [-0.1, -0.05) is 0 Å². The monoisotopic (exact) mass is 223 g/mol. The van der Waals surface area contributed by atoms with Crippen LogP contribution in [0.2, 0.25) is 0 Å². The zero-order valence-electron chi connectivity index (χ0n) is 8.40. The Hall–Kier alpha value is -0.320. The maximum Gasteiger partial charge on any atom is 0.325 e. The molecule has 2 N–H and O–H groups in total. The number of ether oxygens (including phenoxy) is 2. The predicted octanol–water partition coefficient (Wildman–Crippen LogP) is 0.868. The molecule has 0 aromatic heterocycles. The standard InChI is InChI=1S/C9H17NO3.ClH/c1-2-12-9(11)8(10)7-5-3-4-6-13-7;/h7-8H,2-6,10H2,1H3;1H. The molecule has 4 nitrogen and oxygen atoms in total. The lowest BCUT2D eigenvalue weighted by Crippen LogP contribution is -2.45. The second-order valence-corrected chi connectivity index (χ2v) is 3.18. The number of esters is 1. The molecule has 0 aliphatic carbocycles. The first-order valence-corrected chi connectivity index (χ1v) is 4.79. The van der Waals surface area contributed by atoms with Crippen molar-refractivity contribution in [3.8, 4) is 0 Å². The highest BCUT2D eigenvalue weighted by Gasteiger charge is 2.27. The van der Waals surface area contributed by atoms with Gasteiger partial charge in [-0.2, -0.15) is 0 Å². The summed E-state index contributed by atoms with van der Waals surface area (Å²) >= 11 is 0. The summed E-state index contributed by atoms with van der Waals surface area (Å²) in [6.45, 7) is 2.85. The van der Waals surface area contributed by atoms with Crippen LogP contribution in [0.15, 0.2) is 0 Å². The van der Waals surface area contributed by atoms with E-state index in [2.05, 4.69) is 0 Å². The van der Waals surface area contributed by atoms with Crippen LogP contribution in [0.4, 0.5) is 0 Å². The Balaban J connectivity index is 0.00000169. The highest BCUT2D eigenvalue weighted by atomic mass is 35.5. The molecule has 2 unspecified atom stereocenters. The van der Waals surface area contributed by atoms with E-state index in [0.717, 1.165) is 19.3 Å². The van der Waals surface area contributed by atoms with Crippen molar-refractivity contribution in [1.82, 2.24) is 0 Å². The molecule has 84 valence electrons. The maximum atomic E-state index is 11.2. The number of hydrogen-bond donors (Lipinski definition) is 1. The maximum absolute atomic E-state index is 11.2. The molecular weight excluding hydrogens is 206 g/mol. The second-order valence-electron chi connectivity index (χ2n) is 3.18. The largest absolute Gasteiger partial charge is 0.465 e. The summed E-state index contributed by atoms with van der Waals surface area (Å²) in [6, 6.07) is -0.611. The zero-order valence-corrected chi connectivity index (χ0v) is 9.22. The third-order valence-electron chi connectivity index (χ3n) is 2.17. The smallest absolute Gasteiger partial charge is 0.325 e. The lowest BCUT2D eigenvalue weighted by Gasteiger charge is -2.26. The van der Waals surface area contributed by atoms with Crippen molar-refractivity contribution in [2.75, 3.05) is 13.2 Å². The van der Waals surface area contributed by atoms with Crippen LogP contribution in [0.1, 0.15) is 26.2 Å². The van der Waals surface area contributed by atoms with Gasteiger partial charge in [0.05, 0.1) is 12.7 Å². The second kappa shape index (κ2) is 7.04. The average molecular weight is 224 g/mol. The molecule has 1 fully saturated rings. The van der Waals surface area contributed by atoms with Crippen molar-refractivity contribution in [3.63, 3.8) is 0 Å². The van der Waals surface area contributed by atoms with Gasteiger partial charge in [0.25, 0.3) is 0 Å². The molecule has 0 aromatic carbocycles. The summed E-state index contributed by atoms with van der Waals surface area (Å²) in [7, 11) is 0. The fourth-order valence-corrected chi connectivity index (χ4v) is 1.44. The van der Waals surface area contributed by atoms with E-state index in [-0.39, 0.29) is 24.5 Å². The number of halogens is 1. The molecule has 0 radical (unpaired) electrons. The van der Waals surface area contributed by atoms with Crippen LogP contribution in [0.25, 0.3) is 0 Å². The van der Waals surface area contributed by atoms with Crippen LogP contribution in [0.3, 0.4) is 0 Å². The van der Waals surface area contributed by atoms with E-state index < -0.39 is 6.04 Å². The van der Waals surface area contributed by atoms with Gasteiger partial charge in [-0.25, -0.2) is 0 Å². The fourth-order valence-electron chi connectivity index (χ4n) is 1.44. The van der Waals surface area contributed by atoms with Gasteiger partial charge in [0.2, 0.25) is 0 Å². The summed E-state index contributed by atoms with van der Waals surface area (Å²) in [5.74, 6) is -0.352. The Labute approximate surface area is 90.5 Å². The first-order chi connectivity index (χ1) is 6.25. The highest BCUT2D eigenvalue weighted by Crippen LogP contribution is 2.15. The lowest BCUT2D eigenvalue weighted by molar-refractivity contribution is -0.149. The number of hydrogen-bond acceptors (Lipinski definition) is 4. The molecule has 0 saturated carbocycles. The topological polar surface area (TPSA) is 61.5 Å². The molecule has 2 atom stereocenters. The van der Waals surface area contributed by atoms with Crippen molar-refractivity contribution >= 4 is 18.4 Å². The molecule has 1 rings (SSSR count). The van der Waals surface area contributed by atoms with Gasteiger partial charge in [0.15, 0.2) is 0 Å². The molecule has 0 bridgehead atoms. The van der Waals surface area contributed by atoms with Gasteiger partial charge in [0.1, 0.15) is 6.04 Å². The first kappa shape index (κ1) is 13.7. The van der Waals surface area contributed by atoms with Gasteiger partial charge in [0, 0.05) is 6.61 Å². The number of carbonyl (C=O) groups excluding carboxylic acids is 1. The van der Waals surface area contributed by atoms with Crippen LogP contribution in [0.5, 0.6) is 0 Å². The molecule has 5 heteroatoms. The fraction of sp³-hybridized carbons (Fsp3) is 0.889. The first-order valence-electron chi connectivity index (χ1n) is 4.79. The molecule has 0 amide bonds. The average Bonchev–Trinajstić information content (AvgIpc) is 2.18. The Morgan fingerprint density at radius 1 is 1.64 bits per heavy atom. The van der Waals surface area contributed by atoms with Gasteiger partial charge in [-0.15, -0.1) is 12.4 Å². The molecule has 1 saturated heterocycles. The quantitative estimate of drug-likeness (QED) is 0.722. The molecule has 0 spiro atoms. The van der Waals surface area contributed by atoms with E-state index >= 15 is 0 Å². The van der Waals surface area contributed by atoms with E-state index in [9.17, 15) is 4.79 Å². The van der Waals surface area contributed by atoms with Gasteiger partial charge < -0.3 is 15.2 Å².